The minimum Gasteiger partial charge on any atom is -0.493 e. The van der Waals surface area contributed by atoms with Crippen molar-refractivity contribution in [2.75, 3.05) is 14.2 Å². The molecule has 0 saturated carbocycles. The summed E-state index contributed by atoms with van der Waals surface area (Å²) in [6.07, 6.45) is 0. The average molecular weight is 273 g/mol. The zero-order chi connectivity index (χ0) is 11.0. The van der Waals surface area contributed by atoms with Crippen LogP contribution >= 0.6 is 15.9 Å². The number of methoxy groups -OCH3 is 2. The Morgan fingerprint density at radius 3 is 2.47 bits per heavy atom. The van der Waals surface area contributed by atoms with Crippen molar-refractivity contribution in [1.82, 2.24) is 0 Å². The highest BCUT2D eigenvalue weighted by molar-refractivity contribution is 9.09. The first-order valence-electron chi connectivity index (χ1n) is 4.28. The van der Waals surface area contributed by atoms with Crippen LogP contribution in [0.2, 0.25) is 0 Å². The second-order valence-corrected chi connectivity index (χ2v) is 3.85. The van der Waals surface area contributed by atoms with E-state index in [0.29, 0.717) is 17.1 Å². The van der Waals surface area contributed by atoms with Crippen molar-refractivity contribution < 1.29 is 19.0 Å². The molecule has 4 nitrogen and oxygen atoms in total. The maximum absolute atomic E-state index is 11.4. The number of ether oxygens (including phenoxy) is 3. The number of halogens is 1. The molecule has 0 spiro atoms. The molecule has 15 heavy (non-hydrogen) atoms. The Morgan fingerprint density at radius 1 is 1.27 bits per heavy atom. The van der Waals surface area contributed by atoms with Crippen LogP contribution < -0.4 is 9.47 Å². The van der Waals surface area contributed by atoms with Crippen LogP contribution in [0.15, 0.2) is 12.1 Å². The predicted octanol–water partition coefficient (Wildman–Crippen LogP) is 2.27. The van der Waals surface area contributed by atoms with E-state index < -0.39 is 5.01 Å². The number of hydrogen-bond donors (Lipinski definition) is 0. The second-order valence-electron chi connectivity index (χ2n) is 3.02. The fraction of sp³-hybridized carbons (Fsp3) is 0.300. The zero-order valence-corrected chi connectivity index (χ0v) is 9.83. The minimum atomic E-state index is -0.403. The Hall–Kier alpha value is -1.23. The van der Waals surface area contributed by atoms with Crippen LogP contribution in [-0.4, -0.2) is 20.2 Å². The summed E-state index contributed by atoms with van der Waals surface area (Å²) in [6.45, 7) is 0. The van der Waals surface area contributed by atoms with Gasteiger partial charge in [0.05, 0.1) is 19.8 Å². The van der Waals surface area contributed by atoms with Crippen LogP contribution in [0.4, 0.5) is 0 Å². The molecule has 2 rings (SSSR count). The first-order chi connectivity index (χ1) is 7.17. The molecule has 1 atom stereocenters. The number of carbonyl (C=O) groups excluding carboxylic acids is 1. The number of benzene rings is 1. The number of carbonyl (C=O) groups is 1. The van der Waals surface area contributed by atoms with Gasteiger partial charge in [-0.3, -0.25) is 0 Å². The third-order valence-corrected chi connectivity index (χ3v) is 2.91. The van der Waals surface area contributed by atoms with Gasteiger partial charge in [0.15, 0.2) is 16.5 Å². The lowest BCUT2D eigenvalue weighted by Gasteiger charge is -2.08. The van der Waals surface area contributed by atoms with Crippen molar-refractivity contribution in [3.63, 3.8) is 0 Å². The molecule has 0 saturated heterocycles. The van der Waals surface area contributed by atoms with E-state index in [1.165, 1.54) is 7.11 Å². The van der Waals surface area contributed by atoms with Crippen molar-refractivity contribution >= 4 is 21.9 Å². The third kappa shape index (κ3) is 1.56. The van der Waals surface area contributed by atoms with Crippen LogP contribution in [0.3, 0.4) is 0 Å². The Kier molecular flexibility index (Phi) is 2.56. The lowest BCUT2D eigenvalue weighted by atomic mass is 10.1. The van der Waals surface area contributed by atoms with E-state index >= 15 is 0 Å². The van der Waals surface area contributed by atoms with Crippen LogP contribution in [-0.2, 0) is 4.74 Å². The van der Waals surface area contributed by atoms with Gasteiger partial charge in [0.2, 0.25) is 0 Å². The van der Waals surface area contributed by atoms with Crippen LogP contribution in [0.1, 0.15) is 20.9 Å². The van der Waals surface area contributed by atoms with E-state index in [4.69, 9.17) is 14.2 Å². The van der Waals surface area contributed by atoms with Gasteiger partial charge < -0.3 is 14.2 Å². The van der Waals surface area contributed by atoms with E-state index in [1.54, 1.807) is 19.2 Å². The lowest BCUT2D eigenvalue weighted by molar-refractivity contribution is 0.0530. The number of alkyl halides is 1. The van der Waals surface area contributed by atoms with E-state index in [1.807, 2.05) is 0 Å². The standard InChI is InChI=1S/C10H9BrO4/c1-13-7-3-5-6(4-8(7)14-2)10(12)15-9(5)11/h3-4,9H,1-2H3. The summed E-state index contributed by atoms with van der Waals surface area (Å²) >= 11 is 3.25. The Morgan fingerprint density at radius 2 is 1.87 bits per heavy atom. The van der Waals surface area contributed by atoms with Crippen molar-refractivity contribution in [1.29, 1.82) is 0 Å². The molecule has 0 fully saturated rings. The SMILES string of the molecule is COc1cc2c(cc1OC)C(Br)OC2=O. The van der Waals surface area contributed by atoms with Gasteiger partial charge in [-0.25, -0.2) is 4.79 Å². The molecule has 1 aromatic rings. The van der Waals surface area contributed by atoms with Crippen molar-refractivity contribution in [2.45, 2.75) is 5.01 Å². The summed E-state index contributed by atoms with van der Waals surface area (Å²) in [6, 6.07) is 3.36. The topological polar surface area (TPSA) is 44.8 Å². The van der Waals surface area contributed by atoms with Gasteiger partial charge in [0.25, 0.3) is 0 Å². The summed E-state index contributed by atoms with van der Waals surface area (Å²) in [5.41, 5.74) is 1.27. The molecule has 80 valence electrons. The van der Waals surface area contributed by atoms with Gasteiger partial charge in [-0.05, 0) is 28.1 Å². The Labute approximate surface area is 95.3 Å². The van der Waals surface area contributed by atoms with Crippen molar-refractivity contribution in [3.05, 3.63) is 23.3 Å². The van der Waals surface area contributed by atoms with Gasteiger partial charge in [0, 0.05) is 5.56 Å². The van der Waals surface area contributed by atoms with Crippen LogP contribution in [0.25, 0.3) is 0 Å². The van der Waals surface area contributed by atoms with E-state index in [2.05, 4.69) is 15.9 Å². The van der Waals surface area contributed by atoms with E-state index in [0.717, 1.165) is 5.56 Å². The number of hydrogen-bond acceptors (Lipinski definition) is 4. The van der Waals surface area contributed by atoms with Gasteiger partial charge in [-0.2, -0.15) is 0 Å². The predicted molar refractivity (Wildman–Crippen MR) is 56.6 cm³/mol. The summed E-state index contributed by atoms with van der Waals surface area (Å²) in [5, 5.41) is -0.403. The number of rotatable bonds is 2. The molecule has 0 radical (unpaired) electrons. The third-order valence-electron chi connectivity index (χ3n) is 2.23. The number of fused-ring (bicyclic) bond motifs is 1. The highest BCUT2D eigenvalue weighted by Crippen LogP contribution is 2.41. The first kappa shape index (κ1) is 10.3. The lowest BCUT2D eigenvalue weighted by Crippen LogP contribution is -1.96. The Balaban J connectivity index is 2.58. The van der Waals surface area contributed by atoms with Gasteiger partial charge in [0.1, 0.15) is 0 Å². The molecule has 1 aliphatic rings. The van der Waals surface area contributed by atoms with Crippen LogP contribution in [0, 0.1) is 0 Å². The molecular weight excluding hydrogens is 264 g/mol. The molecule has 1 unspecified atom stereocenters. The van der Waals surface area contributed by atoms with Gasteiger partial charge in [-0.15, -0.1) is 0 Å². The summed E-state index contributed by atoms with van der Waals surface area (Å²) in [7, 11) is 3.07. The smallest absolute Gasteiger partial charge is 0.340 e. The summed E-state index contributed by atoms with van der Waals surface area (Å²) in [5.74, 6) is 0.752. The van der Waals surface area contributed by atoms with Gasteiger partial charge in [-0.1, -0.05) is 0 Å². The minimum absolute atomic E-state index is 0.354. The molecule has 0 aliphatic carbocycles. The Bertz CT molecular complexity index is 416. The van der Waals surface area contributed by atoms with E-state index in [-0.39, 0.29) is 5.97 Å². The largest absolute Gasteiger partial charge is 0.493 e. The second kappa shape index (κ2) is 3.73. The fourth-order valence-corrected chi connectivity index (χ4v) is 2.03. The normalized spacial score (nSPS) is 18.3. The molecule has 0 amide bonds. The quantitative estimate of drug-likeness (QED) is 0.612. The molecule has 1 aromatic carbocycles. The summed E-state index contributed by atoms with van der Waals surface area (Å²) in [4.78, 5) is 11.4. The van der Waals surface area contributed by atoms with E-state index in [9.17, 15) is 4.79 Å². The fourth-order valence-electron chi connectivity index (χ4n) is 1.48. The average Bonchev–Trinajstić information content (AvgIpc) is 2.52. The highest BCUT2D eigenvalue weighted by atomic mass is 79.9. The van der Waals surface area contributed by atoms with Gasteiger partial charge >= 0.3 is 5.97 Å². The maximum atomic E-state index is 11.4. The molecule has 0 N–H and O–H groups in total. The maximum Gasteiger partial charge on any atom is 0.340 e. The molecule has 0 aromatic heterocycles. The highest BCUT2D eigenvalue weighted by Gasteiger charge is 2.31. The van der Waals surface area contributed by atoms with Crippen LogP contribution in [0.5, 0.6) is 11.5 Å². The zero-order valence-electron chi connectivity index (χ0n) is 8.24. The summed E-state index contributed by atoms with van der Waals surface area (Å²) < 4.78 is 15.2. The molecular formula is C10H9BrO4. The number of cyclic esters (lactones) is 1. The molecule has 0 bridgehead atoms. The first-order valence-corrected chi connectivity index (χ1v) is 5.20. The molecule has 1 aliphatic heterocycles. The molecule has 5 heteroatoms. The number of esters is 1. The molecule has 1 heterocycles. The van der Waals surface area contributed by atoms with Crippen molar-refractivity contribution in [3.8, 4) is 11.5 Å². The van der Waals surface area contributed by atoms with Crippen molar-refractivity contribution in [2.24, 2.45) is 0 Å². The monoisotopic (exact) mass is 272 g/mol.